The quantitative estimate of drug-likeness (QED) is 0.495. The Morgan fingerprint density at radius 3 is 2.87 bits per heavy atom. The van der Waals surface area contributed by atoms with Crippen molar-refractivity contribution >= 4 is 29.1 Å². The van der Waals surface area contributed by atoms with Crippen LogP contribution < -0.4 is 5.32 Å². The van der Waals surface area contributed by atoms with Gasteiger partial charge in [0.15, 0.2) is 0 Å². The average Bonchev–Trinajstić information content (AvgIpc) is 2.54. The second-order valence-electron chi connectivity index (χ2n) is 4.65. The summed E-state index contributed by atoms with van der Waals surface area (Å²) >= 11 is 5.90. The molecule has 2 aromatic rings. The third-order valence-electron chi connectivity index (χ3n) is 3.08. The molecule has 0 amide bonds. The van der Waals surface area contributed by atoms with Crippen LogP contribution in [0.4, 0.5) is 11.5 Å². The highest BCUT2D eigenvalue weighted by Gasteiger charge is 2.19. The van der Waals surface area contributed by atoms with E-state index in [1.165, 1.54) is 13.3 Å². The van der Waals surface area contributed by atoms with Crippen molar-refractivity contribution < 1.29 is 14.5 Å². The summed E-state index contributed by atoms with van der Waals surface area (Å²) < 4.78 is 4.53. The maximum Gasteiger partial charge on any atom is 0.339 e. The number of ether oxygens (including phenoxy) is 1. The Labute approximate surface area is 137 Å². The number of anilines is 1. The number of halogens is 1. The molecule has 0 unspecified atom stereocenters. The predicted molar refractivity (Wildman–Crippen MR) is 85.9 cm³/mol. The van der Waals surface area contributed by atoms with E-state index in [0.29, 0.717) is 18.0 Å². The monoisotopic (exact) mass is 335 g/mol. The van der Waals surface area contributed by atoms with E-state index >= 15 is 0 Å². The van der Waals surface area contributed by atoms with Gasteiger partial charge in [0.25, 0.3) is 0 Å². The molecule has 0 aliphatic carbocycles. The van der Waals surface area contributed by atoms with Gasteiger partial charge in [0.05, 0.1) is 17.6 Å². The average molecular weight is 336 g/mol. The molecule has 8 heteroatoms. The Kier molecular flexibility index (Phi) is 5.48. The van der Waals surface area contributed by atoms with Crippen molar-refractivity contribution in [1.82, 2.24) is 4.98 Å². The molecule has 120 valence electrons. The van der Waals surface area contributed by atoms with Crippen LogP contribution in [-0.4, -0.2) is 29.5 Å². The summed E-state index contributed by atoms with van der Waals surface area (Å²) in [7, 11) is 1.20. The maximum absolute atomic E-state index is 11.4. The van der Waals surface area contributed by atoms with Crippen LogP contribution in [0.2, 0.25) is 5.02 Å². The second kappa shape index (κ2) is 7.55. The predicted octanol–water partition coefficient (Wildman–Crippen LogP) is 3.08. The van der Waals surface area contributed by atoms with Gasteiger partial charge in [0.2, 0.25) is 5.82 Å². The Balaban J connectivity index is 2.10. The molecule has 2 rings (SSSR count). The minimum absolute atomic E-state index is 0.0274. The second-order valence-corrected chi connectivity index (χ2v) is 5.08. The van der Waals surface area contributed by atoms with E-state index in [0.717, 1.165) is 11.6 Å². The molecule has 0 fully saturated rings. The SMILES string of the molecule is COC(=O)c1cnc(NCCc2cccc(Cl)c2)c([N+](=O)[O-])c1. The number of nitrogens with zero attached hydrogens (tertiary/aromatic N) is 2. The summed E-state index contributed by atoms with van der Waals surface area (Å²) in [5, 5.41) is 14.7. The lowest BCUT2D eigenvalue weighted by Gasteiger charge is -2.07. The largest absolute Gasteiger partial charge is 0.465 e. The van der Waals surface area contributed by atoms with Gasteiger partial charge in [-0.3, -0.25) is 10.1 Å². The fraction of sp³-hybridized carbons (Fsp3) is 0.200. The number of aromatic nitrogens is 1. The molecule has 1 aromatic heterocycles. The first kappa shape index (κ1) is 16.7. The number of benzene rings is 1. The van der Waals surface area contributed by atoms with Crippen molar-refractivity contribution in [2.24, 2.45) is 0 Å². The number of rotatable bonds is 6. The first-order chi connectivity index (χ1) is 11.0. The molecule has 0 saturated heterocycles. The molecule has 0 bridgehead atoms. The standard InChI is InChI=1S/C15H14ClN3O4/c1-23-15(20)11-8-13(19(21)22)14(18-9-11)17-6-5-10-3-2-4-12(16)7-10/h2-4,7-9H,5-6H2,1H3,(H,17,18). The van der Waals surface area contributed by atoms with E-state index in [2.05, 4.69) is 15.0 Å². The van der Waals surface area contributed by atoms with Crippen molar-refractivity contribution in [1.29, 1.82) is 0 Å². The van der Waals surface area contributed by atoms with Crippen molar-refractivity contribution in [2.45, 2.75) is 6.42 Å². The van der Waals surface area contributed by atoms with Crippen LogP contribution >= 0.6 is 11.6 Å². The zero-order valence-electron chi connectivity index (χ0n) is 12.3. The van der Waals surface area contributed by atoms with Gasteiger partial charge < -0.3 is 10.1 Å². The highest BCUT2D eigenvalue weighted by atomic mass is 35.5. The van der Waals surface area contributed by atoms with Crippen LogP contribution in [-0.2, 0) is 11.2 Å². The summed E-state index contributed by atoms with van der Waals surface area (Å²) in [5.74, 6) is -0.573. The highest BCUT2D eigenvalue weighted by Crippen LogP contribution is 2.23. The normalized spacial score (nSPS) is 10.2. The number of nitro groups is 1. The third-order valence-corrected chi connectivity index (χ3v) is 3.32. The van der Waals surface area contributed by atoms with E-state index < -0.39 is 10.9 Å². The third kappa shape index (κ3) is 4.40. The highest BCUT2D eigenvalue weighted by molar-refractivity contribution is 6.30. The number of carbonyl (C=O) groups is 1. The van der Waals surface area contributed by atoms with Gasteiger partial charge in [-0.05, 0) is 24.1 Å². The Morgan fingerprint density at radius 1 is 1.43 bits per heavy atom. The van der Waals surface area contributed by atoms with Gasteiger partial charge in [0.1, 0.15) is 0 Å². The van der Waals surface area contributed by atoms with Gasteiger partial charge in [-0.25, -0.2) is 9.78 Å². The zero-order chi connectivity index (χ0) is 16.8. The van der Waals surface area contributed by atoms with Crippen LogP contribution in [0.3, 0.4) is 0 Å². The first-order valence-electron chi connectivity index (χ1n) is 6.72. The number of hydrogen-bond acceptors (Lipinski definition) is 6. The van der Waals surface area contributed by atoms with Gasteiger partial charge in [0, 0.05) is 23.8 Å². The Hall–Kier alpha value is -2.67. The minimum Gasteiger partial charge on any atom is -0.465 e. The summed E-state index contributed by atoms with van der Waals surface area (Å²) in [6.07, 6.45) is 1.86. The van der Waals surface area contributed by atoms with Gasteiger partial charge in [-0.1, -0.05) is 23.7 Å². The number of esters is 1. The van der Waals surface area contributed by atoms with Crippen molar-refractivity contribution in [2.75, 3.05) is 19.0 Å². The van der Waals surface area contributed by atoms with E-state index in [1.54, 1.807) is 6.07 Å². The Bertz CT molecular complexity index is 736. The molecule has 0 spiro atoms. The van der Waals surface area contributed by atoms with Crippen molar-refractivity contribution in [3.63, 3.8) is 0 Å². The molecule has 23 heavy (non-hydrogen) atoms. The molecule has 0 aliphatic rings. The van der Waals surface area contributed by atoms with Crippen LogP contribution in [0.1, 0.15) is 15.9 Å². The molecule has 0 atom stereocenters. The topological polar surface area (TPSA) is 94.4 Å². The van der Waals surface area contributed by atoms with Gasteiger partial charge >= 0.3 is 11.7 Å². The van der Waals surface area contributed by atoms with Gasteiger partial charge in [-0.15, -0.1) is 0 Å². The fourth-order valence-electron chi connectivity index (χ4n) is 1.98. The van der Waals surface area contributed by atoms with E-state index in [4.69, 9.17) is 11.6 Å². The molecule has 7 nitrogen and oxygen atoms in total. The van der Waals surface area contributed by atoms with Crippen LogP contribution in [0.25, 0.3) is 0 Å². The summed E-state index contributed by atoms with van der Waals surface area (Å²) in [6.45, 7) is 0.436. The maximum atomic E-state index is 11.4. The van der Waals surface area contributed by atoms with Crippen LogP contribution in [0, 0.1) is 10.1 Å². The molecule has 0 aliphatic heterocycles. The van der Waals surface area contributed by atoms with Crippen molar-refractivity contribution in [3.8, 4) is 0 Å². The summed E-state index contributed by atoms with van der Waals surface area (Å²) in [6, 6.07) is 8.49. The summed E-state index contributed by atoms with van der Waals surface area (Å²) in [4.78, 5) is 25.9. The van der Waals surface area contributed by atoms with E-state index in [9.17, 15) is 14.9 Å². The molecule has 0 saturated carbocycles. The molecular formula is C15H14ClN3O4. The lowest BCUT2D eigenvalue weighted by atomic mass is 10.1. The van der Waals surface area contributed by atoms with Crippen LogP contribution in [0.15, 0.2) is 36.5 Å². The lowest BCUT2D eigenvalue weighted by Crippen LogP contribution is -2.10. The molecule has 1 heterocycles. The smallest absolute Gasteiger partial charge is 0.339 e. The Morgan fingerprint density at radius 2 is 2.22 bits per heavy atom. The van der Waals surface area contributed by atoms with Gasteiger partial charge in [-0.2, -0.15) is 0 Å². The molecule has 1 aromatic carbocycles. The minimum atomic E-state index is -0.675. The molecule has 1 N–H and O–H groups in total. The zero-order valence-corrected chi connectivity index (χ0v) is 13.0. The molecular weight excluding hydrogens is 322 g/mol. The summed E-state index contributed by atoms with van der Waals surface area (Å²) in [5.41, 5.74) is 0.748. The van der Waals surface area contributed by atoms with E-state index in [-0.39, 0.29) is 17.1 Å². The molecule has 0 radical (unpaired) electrons. The van der Waals surface area contributed by atoms with E-state index in [1.807, 2.05) is 18.2 Å². The number of carbonyl (C=O) groups excluding carboxylic acids is 1. The number of pyridine rings is 1. The van der Waals surface area contributed by atoms with Crippen LogP contribution in [0.5, 0.6) is 0 Å². The number of hydrogen-bond donors (Lipinski definition) is 1. The first-order valence-corrected chi connectivity index (χ1v) is 7.10. The fourth-order valence-corrected chi connectivity index (χ4v) is 2.19. The van der Waals surface area contributed by atoms with Crippen molar-refractivity contribution in [3.05, 3.63) is 62.8 Å². The number of nitrogens with one attached hydrogen (secondary N) is 1. The lowest BCUT2D eigenvalue weighted by molar-refractivity contribution is -0.384. The number of methoxy groups -OCH3 is 1.